The van der Waals surface area contributed by atoms with Crippen molar-refractivity contribution in [2.24, 2.45) is 11.8 Å². The summed E-state index contributed by atoms with van der Waals surface area (Å²) in [6.07, 6.45) is -0.939. The van der Waals surface area contributed by atoms with E-state index in [2.05, 4.69) is 15.6 Å². The van der Waals surface area contributed by atoms with Crippen molar-refractivity contribution in [1.82, 2.24) is 15.6 Å². The van der Waals surface area contributed by atoms with Gasteiger partial charge in [0.2, 0.25) is 5.88 Å². The first kappa shape index (κ1) is 16.8. The van der Waals surface area contributed by atoms with Crippen LogP contribution in [0.5, 0.6) is 5.88 Å². The Morgan fingerprint density at radius 3 is 2.65 bits per heavy atom. The highest BCUT2D eigenvalue weighted by molar-refractivity contribution is 5.66. The van der Waals surface area contributed by atoms with E-state index >= 15 is 0 Å². The molecule has 4 rings (SSSR count). The van der Waals surface area contributed by atoms with E-state index in [4.69, 9.17) is 9.84 Å². The smallest absolute Gasteiger partial charge is 0.405 e. The van der Waals surface area contributed by atoms with E-state index < -0.39 is 12.1 Å². The van der Waals surface area contributed by atoms with Crippen molar-refractivity contribution in [3.63, 3.8) is 0 Å². The fourth-order valence-electron chi connectivity index (χ4n) is 3.55. The van der Waals surface area contributed by atoms with Gasteiger partial charge in [0.25, 0.3) is 0 Å². The quantitative estimate of drug-likeness (QED) is 0.766. The van der Waals surface area contributed by atoms with E-state index in [-0.39, 0.29) is 11.9 Å². The number of carbonyl (C=O) groups is 1. The Morgan fingerprint density at radius 2 is 2.00 bits per heavy atom. The minimum Gasteiger partial charge on any atom is -0.474 e. The predicted octanol–water partition coefficient (Wildman–Crippen LogP) is 2.81. The Morgan fingerprint density at radius 1 is 1.31 bits per heavy atom. The Hall–Kier alpha value is -2.67. The number of ether oxygens (including phenoxy) is 1. The number of benzene rings is 1. The van der Waals surface area contributed by atoms with Crippen LogP contribution in [0.2, 0.25) is 0 Å². The first-order chi connectivity index (χ1) is 12.5. The Bertz CT molecular complexity index is 817. The van der Waals surface area contributed by atoms with Gasteiger partial charge in [0.1, 0.15) is 11.9 Å². The molecule has 1 saturated carbocycles. The number of nitrogens with one attached hydrogen (secondary N) is 2. The van der Waals surface area contributed by atoms with Crippen molar-refractivity contribution in [3.05, 3.63) is 47.8 Å². The van der Waals surface area contributed by atoms with Crippen molar-refractivity contribution < 1.29 is 19.0 Å². The highest BCUT2D eigenvalue weighted by Gasteiger charge is 2.55. The zero-order chi connectivity index (χ0) is 18.3. The lowest BCUT2D eigenvalue weighted by molar-refractivity contribution is 0.190. The number of aromatic nitrogens is 1. The molecule has 4 atom stereocenters. The highest BCUT2D eigenvalue weighted by atomic mass is 19.1. The van der Waals surface area contributed by atoms with Crippen LogP contribution < -0.4 is 15.4 Å². The molecular weight excluding hydrogens is 337 g/mol. The van der Waals surface area contributed by atoms with Gasteiger partial charge >= 0.3 is 6.09 Å². The lowest BCUT2D eigenvalue weighted by Crippen LogP contribution is -2.24. The molecule has 2 heterocycles. The van der Waals surface area contributed by atoms with Gasteiger partial charge in [-0.3, -0.25) is 0 Å². The molecule has 2 fully saturated rings. The minimum atomic E-state index is -1.09. The fraction of sp³-hybridized carbons (Fsp3) is 0.368. The second-order valence-electron chi connectivity index (χ2n) is 6.87. The number of rotatable bonds is 5. The number of hydrogen-bond acceptors (Lipinski definition) is 4. The summed E-state index contributed by atoms with van der Waals surface area (Å²) in [5.41, 5.74) is 2.12. The number of amides is 1. The van der Waals surface area contributed by atoms with E-state index in [1.54, 1.807) is 31.2 Å². The van der Waals surface area contributed by atoms with Crippen LogP contribution in [0.15, 0.2) is 36.4 Å². The van der Waals surface area contributed by atoms with Gasteiger partial charge in [0.15, 0.2) is 0 Å². The Labute approximate surface area is 150 Å². The van der Waals surface area contributed by atoms with Gasteiger partial charge in [-0.2, -0.15) is 0 Å². The largest absolute Gasteiger partial charge is 0.474 e. The minimum absolute atomic E-state index is 0.155. The Kier molecular flexibility index (Phi) is 4.24. The molecule has 1 aromatic heterocycles. The van der Waals surface area contributed by atoms with E-state index in [1.165, 1.54) is 12.1 Å². The Balaban J connectivity index is 1.64. The van der Waals surface area contributed by atoms with Crippen LogP contribution >= 0.6 is 0 Å². The summed E-state index contributed by atoms with van der Waals surface area (Å²) in [6, 6.07) is 9.20. The third kappa shape index (κ3) is 3.35. The molecule has 1 saturated heterocycles. The lowest BCUT2D eigenvalue weighted by Gasteiger charge is -2.16. The average molecular weight is 357 g/mol. The van der Waals surface area contributed by atoms with E-state index in [0.717, 1.165) is 24.2 Å². The second kappa shape index (κ2) is 6.57. The molecule has 0 bridgehead atoms. The summed E-state index contributed by atoms with van der Waals surface area (Å²) in [7, 11) is 0. The summed E-state index contributed by atoms with van der Waals surface area (Å²) in [4.78, 5) is 15.5. The van der Waals surface area contributed by atoms with E-state index in [0.29, 0.717) is 23.4 Å². The van der Waals surface area contributed by atoms with Crippen molar-refractivity contribution in [2.45, 2.75) is 19.1 Å². The molecule has 1 aliphatic carbocycles. The molecule has 0 radical (unpaired) electrons. The SMILES string of the molecule is CC(NC(=O)O)c1cc(OC2[C@H]3CNC[C@@H]23)nc(-c2ccc(F)cc2)c1. The molecule has 1 amide bonds. The summed E-state index contributed by atoms with van der Waals surface area (Å²) in [6.45, 7) is 3.67. The zero-order valence-corrected chi connectivity index (χ0v) is 14.3. The van der Waals surface area contributed by atoms with Gasteiger partial charge < -0.3 is 20.5 Å². The van der Waals surface area contributed by atoms with Crippen LogP contribution in [0.3, 0.4) is 0 Å². The third-order valence-electron chi connectivity index (χ3n) is 5.07. The molecule has 2 aromatic rings. The van der Waals surface area contributed by atoms with Gasteiger partial charge in [0, 0.05) is 36.6 Å². The summed E-state index contributed by atoms with van der Waals surface area (Å²) < 4.78 is 19.3. The molecule has 2 unspecified atom stereocenters. The van der Waals surface area contributed by atoms with E-state index in [1.807, 2.05) is 0 Å². The van der Waals surface area contributed by atoms with Gasteiger partial charge in [0.05, 0.1) is 11.7 Å². The monoisotopic (exact) mass is 357 g/mol. The molecule has 1 aliphatic heterocycles. The molecular formula is C19H20FN3O3. The van der Waals surface area contributed by atoms with Crippen molar-refractivity contribution in [1.29, 1.82) is 0 Å². The van der Waals surface area contributed by atoms with E-state index in [9.17, 15) is 9.18 Å². The molecule has 2 aliphatic rings. The van der Waals surface area contributed by atoms with Gasteiger partial charge in [-0.05, 0) is 42.8 Å². The maximum absolute atomic E-state index is 13.2. The predicted molar refractivity (Wildman–Crippen MR) is 93.5 cm³/mol. The van der Waals surface area contributed by atoms with Crippen LogP contribution in [-0.4, -0.2) is 35.4 Å². The maximum atomic E-state index is 13.2. The summed E-state index contributed by atoms with van der Waals surface area (Å²) >= 11 is 0. The first-order valence-electron chi connectivity index (χ1n) is 8.66. The standard InChI is InChI=1S/C19H20FN3O3/c1-10(22-19(24)25)12-6-16(11-2-4-13(20)5-3-11)23-17(7-12)26-18-14-8-21-9-15(14)18/h2-7,10,14-15,18,21-22H,8-9H2,1H3,(H,24,25)/t10?,14-,15+,18?. The normalized spacial score (nSPS) is 24.6. The maximum Gasteiger partial charge on any atom is 0.405 e. The summed E-state index contributed by atoms with van der Waals surface area (Å²) in [5.74, 6) is 1.19. The molecule has 3 N–H and O–H groups in total. The number of piperidine rings is 1. The number of halogens is 1. The molecule has 7 heteroatoms. The molecule has 136 valence electrons. The topological polar surface area (TPSA) is 83.5 Å². The third-order valence-corrected chi connectivity index (χ3v) is 5.07. The highest BCUT2D eigenvalue weighted by Crippen LogP contribution is 2.44. The van der Waals surface area contributed by atoms with Crippen LogP contribution in [0, 0.1) is 17.7 Å². The number of hydrogen-bond donors (Lipinski definition) is 3. The van der Waals surface area contributed by atoms with Crippen molar-refractivity contribution in [3.8, 4) is 17.1 Å². The summed E-state index contributed by atoms with van der Waals surface area (Å²) in [5, 5.41) is 14.8. The van der Waals surface area contributed by atoms with Crippen LogP contribution in [0.1, 0.15) is 18.5 Å². The lowest BCUT2D eigenvalue weighted by atomic mass is 10.1. The first-order valence-corrected chi connectivity index (χ1v) is 8.66. The molecule has 0 spiro atoms. The number of pyridine rings is 1. The molecule has 1 aromatic carbocycles. The average Bonchev–Trinajstić information content (AvgIpc) is 3.03. The van der Waals surface area contributed by atoms with Crippen LogP contribution in [0.4, 0.5) is 9.18 Å². The van der Waals surface area contributed by atoms with Gasteiger partial charge in [-0.1, -0.05) is 0 Å². The van der Waals surface area contributed by atoms with Crippen LogP contribution in [0.25, 0.3) is 11.3 Å². The van der Waals surface area contributed by atoms with Crippen molar-refractivity contribution in [2.75, 3.05) is 13.1 Å². The van der Waals surface area contributed by atoms with Crippen molar-refractivity contribution >= 4 is 6.09 Å². The fourth-order valence-corrected chi connectivity index (χ4v) is 3.55. The van der Waals surface area contributed by atoms with Gasteiger partial charge in [-0.25, -0.2) is 14.2 Å². The number of carboxylic acid groups (broad SMARTS) is 1. The molecule has 26 heavy (non-hydrogen) atoms. The second-order valence-corrected chi connectivity index (χ2v) is 6.87. The van der Waals surface area contributed by atoms with Gasteiger partial charge in [-0.15, -0.1) is 0 Å². The number of nitrogens with zero attached hydrogens (tertiary/aromatic N) is 1. The van der Waals surface area contributed by atoms with Crippen LogP contribution in [-0.2, 0) is 0 Å². The zero-order valence-electron chi connectivity index (χ0n) is 14.3. The molecule has 6 nitrogen and oxygen atoms in total. The number of fused-ring (bicyclic) bond motifs is 1.